The second kappa shape index (κ2) is 4.00. The lowest BCUT2D eigenvalue weighted by molar-refractivity contribution is 0.272. The van der Waals surface area contributed by atoms with Crippen molar-refractivity contribution < 1.29 is 4.74 Å². The van der Waals surface area contributed by atoms with Crippen LogP contribution >= 0.6 is 0 Å². The van der Waals surface area contributed by atoms with E-state index in [1.54, 1.807) is 10.8 Å². The topological polar surface area (TPSA) is 65.4 Å². The first kappa shape index (κ1) is 9.51. The second-order valence-corrected chi connectivity index (χ2v) is 3.01. The Balaban J connectivity index is 2.35. The Morgan fingerprint density at radius 2 is 2.47 bits per heavy atom. The molecule has 0 unspecified atom stereocenters. The first-order chi connectivity index (χ1) is 7.31. The van der Waals surface area contributed by atoms with Crippen molar-refractivity contribution in [2.75, 3.05) is 12.3 Å². The highest BCUT2D eigenvalue weighted by molar-refractivity contribution is 5.69. The smallest absolute Gasteiger partial charge is 0.151 e. The lowest BCUT2D eigenvalue weighted by Gasteiger charge is -1.93. The summed E-state index contributed by atoms with van der Waals surface area (Å²) in [6, 6.07) is 1.91. The van der Waals surface area contributed by atoms with Crippen molar-refractivity contribution in [3.8, 4) is 0 Å². The molecule has 78 valence electrons. The standard InChI is InChI=1S/C10H12N4O/c1-2-15-4-3-8-5-9-10(11)12-7-13-14(9)6-8/h3-7H,2H2,1H3,(H2,11,12,13)/b4-3-. The fourth-order valence-corrected chi connectivity index (χ4v) is 1.28. The van der Waals surface area contributed by atoms with E-state index in [2.05, 4.69) is 10.1 Å². The van der Waals surface area contributed by atoms with Gasteiger partial charge in [-0.3, -0.25) is 0 Å². The van der Waals surface area contributed by atoms with Crippen molar-refractivity contribution in [2.24, 2.45) is 0 Å². The molecule has 2 rings (SSSR count). The molecular weight excluding hydrogens is 192 g/mol. The lowest BCUT2D eigenvalue weighted by atomic mass is 10.3. The number of nitrogens with two attached hydrogens (primary N) is 1. The SMILES string of the molecule is CCO/C=C\c1cc2c(N)ncnn2c1. The van der Waals surface area contributed by atoms with Crippen LogP contribution in [0.25, 0.3) is 11.6 Å². The van der Waals surface area contributed by atoms with Gasteiger partial charge in [0.2, 0.25) is 0 Å². The van der Waals surface area contributed by atoms with Gasteiger partial charge in [0, 0.05) is 6.20 Å². The Bertz CT molecular complexity index is 489. The van der Waals surface area contributed by atoms with Gasteiger partial charge in [0.05, 0.1) is 12.9 Å². The maximum atomic E-state index is 5.70. The Labute approximate surface area is 87.2 Å². The number of anilines is 1. The van der Waals surface area contributed by atoms with Crippen LogP contribution in [-0.4, -0.2) is 21.2 Å². The van der Waals surface area contributed by atoms with Gasteiger partial charge in [0.1, 0.15) is 11.8 Å². The molecule has 2 heterocycles. The van der Waals surface area contributed by atoms with E-state index in [1.165, 1.54) is 6.33 Å². The highest BCUT2D eigenvalue weighted by atomic mass is 16.5. The number of hydrogen-bond donors (Lipinski definition) is 1. The number of nitrogen functional groups attached to an aromatic ring is 1. The van der Waals surface area contributed by atoms with Crippen LogP contribution in [0, 0.1) is 0 Å². The molecule has 0 bridgehead atoms. The summed E-state index contributed by atoms with van der Waals surface area (Å²) in [5.74, 6) is 0.473. The molecule has 2 aromatic heterocycles. The third kappa shape index (κ3) is 1.90. The molecule has 2 aromatic rings. The Hall–Kier alpha value is -2.04. The number of aromatic nitrogens is 3. The summed E-state index contributed by atoms with van der Waals surface area (Å²) < 4.78 is 6.80. The largest absolute Gasteiger partial charge is 0.501 e. The molecule has 0 fully saturated rings. The van der Waals surface area contributed by atoms with Gasteiger partial charge in [0.15, 0.2) is 5.82 Å². The van der Waals surface area contributed by atoms with Crippen molar-refractivity contribution in [1.82, 2.24) is 14.6 Å². The molecule has 0 saturated heterocycles. The minimum absolute atomic E-state index is 0.473. The molecule has 0 saturated carbocycles. The fourth-order valence-electron chi connectivity index (χ4n) is 1.28. The summed E-state index contributed by atoms with van der Waals surface area (Å²) >= 11 is 0. The highest BCUT2D eigenvalue weighted by Crippen LogP contribution is 2.14. The number of ether oxygens (including phenoxy) is 1. The van der Waals surface area contributed by atoms with E-state index >= 15 is 0 Å². The van der Waals surface area contributed by atoms with Crippen molar-refractivity contribution >= 4 is 17.4 Å². The van der Waals surface area contributed by atoms with Crippen LogP contribution in [0.15, 0.2) is 24.9 Å². The summed E-state index contributed by atoms with van der Waals surface area (Å²) in [5, 5.41) is 4.04. The van der Waals surface area contributed by atoms with Gasteiger partial charge in [-0.05, 0) is 24.6 Å². The summed E-state index contributed by atoms with van der Waals surface area (Å²) in [4.78, 5) is 3.91. The summed E-state index contributed by atoms with van der Waals surface area (Å²) in [5.41, 5.74) is 7.48. The van der Waals surface area contributed by atoms with Crippen LogP contribution in [0.4, 0.5) is 5.82 Å². The molecule has 0 aliphatic heterocycles. The zero-order valence-corrected chi connectivity index (χ0v) is 8.42. The van der Waals surface area contributed by atoms with Gasteiger partial charge < -0.3 is 10.5 Å². The van der Waals surface area contributed by atoms with E-state index in [0.717, 1.165) is 11.1 Å². The molecule has 0 aromatic carbocycles. The van der Waals surface area contributed by atoms with Crippen LogP contribution in [0.3, 0.4) is 0 Å². The molecule has 0 aliphatic carbocycles. The summed E-state index contributed by atoms with van der Waals surface area (Å²) in [6.07, 6.45) is 6.80. The molecule has 0 radical (unpaired) electrons. The Morgan fingerprint density at radius 3 is 3.20 bits per heavy atom. The average molecular weight is 204 g/mol. The van der Waals surface area contributed by atoms with Gasteiger partial charge in [-0.2, -0.15) is 5.10 Å². The van der Waals surface area contributed by atoms with Crippen molar-refractivity contribution in [3.05, 3.63) is 30.4 Å². The predicted octanol–water partition coefficient (Wildman–Crippen LogP) is 1.32. The van der Waals surface area contributed by atoms with E-state index in [9.17, 15) is 0 Å². The normalized spacial score (nSPS) is 11.3. The summed E-state index contributed by atoms with van der Waals surface area (Å²) in [6.45, 7) is 2.59. The monoisotopic (exact) mass is 204 g/mol. The quantitative estimate of drug-likeness (QED) is 0.766. The number of rotatable bonds is 3. The Morgan fingerprint density at radius 1 is 1.60 bits per heavy atom. The first-order valence-corrected chi connectivity index (χ1v) is 4.68. The highest BCUT2D eigenvalue weighted by Gasteiger charge is 2.01. The molecule has 0 spiro atoms. The third-order valence-electron chi connectivity index (χ3n) is 1.98. The van der Waals surface area contributed by atoms with Gasteiger partial charge in [0.25, 0.3) is 0 Å². The predicted molar refractivity (Wildman–Crippen MR) is 58.1 cm³/mol. The maximum absolute atomic E-state index is 5.70. The molecule has 5 heteroatoms. The van der Waals surface area contributed by atoms with Crippen LogP contribution < -0.4 is 5.73 Å². The van der Waals surface area contributed by atoms with Crippen LogP contribution in [0.2, 0.25) is 0 Å². The molecule has 2 N–H and O–H groups in total. The van der Waals surface area contributed by atoms with Gasteiger partial charge in [-0.25, -0.2) is 9.50 Å². The van der Waals surface area contributed by atoms with E-state index in [1.807, 2.05) is 25.3 Å². The number of hydrogen-bond acceptors (Lipinski definition) is 4. The summed E-state index contributed by atoms with van der Waals surface area (Å²) in [7, 11) is 0. The second-order valence-electron chi connectivity index (χ2n) is 3.01. The molecule has 0 aliphatic rings. The molecule has 15 heavy (non-hydrogen) atoms. The Kier molecular flexibility index (Phi) is 2.53. The van der Waals surface area contributed by atoms with Crippen LogP contribution in [0.5, 0.6) is 0 Å². The zero-order chi connectivity index (χ0) is 10.7. The van der Waals surface area contributed by atoms with E-state index in [0.29, 0.717) is 12.4 Å². The third-order valence-corrected chi connectivity index (χ3v) is 1.98. The van der Waals surface area contributed by atoms with E-state index in [-0.39, 0.29) is 0 Å². The lowest BCUT2D eigenvalue weighted by Crippen LogP contribution is -1.96. The van der Waals surface area contributed by atoms with Crippen molar-refractivity contribution in [1.29, 1.82) is 0 Å². The van der Waals surface area contributed by atoms with Crippen LogP contribution in [-0.2, 0) is 4.74 Å². The molecule has 0 amide bonds. The van der Waals surface area contributed by atoms with Gasteiger partial charge in [-0.1, -0.05) is 0 Å². The van der Waals surface area contributed by atoms with Gasteiger partial charge >= 0.3 is 0 Å². The van der Waals surface area contributed by atoms with E-state index < -0.39 is 0 Å². The number of fused-ring (bicyclic) bond motifs is 1. The average Bonchev–Trinajstić information content (AvgIpc) is 2.63. The molecular formula is C10H12N4O. The first-order valence-electron chi connectivity index (χ1n) is 4.68. The van der Waals surface area contributed by atoms with Crippen molar-refractivity contribution in [3.63, 3.8) is 0 Å². The minimum atomic E-state index is 0.473. The van der Waals surface area contributed by atoms with Crippen LogP contribution in [0.1, 0.15) is 12.5 Å². The zero-order valence-electron chi connectivity index (χ0n) is 8.42. The van der Waals surface area contributed by atoms with Gasteiger partial charge in [-0.15, -0.1) is 0 Å². The van der Waals surface area contributed by atoms with Crippen molar-refractivity contribution in [2.45, 2.75) is 6.92 Å². The minimum Gasteiger partial charge on any atom is -0.501 e. The maximum Gasteiger partial charge on any atom is 0.151 e. The van der Waals surface area contributed by atoms with E-state index in [4.69, 9.17) is 10.5 Å². The fraction of sp³-hybridized carbons (Fsp3) is 0.200. The molecule has 5 nitrogen and oxygen atoms in total. The molecule has 0 atom stereocenters. The number of nitrogens with zero attached hydrogens (tertiary/aromatic N) is 3.